The maximum absolute atomic E-state index is 13.0. The van der Waals surface area contributed by atoms with Crippen molar-refractivity contribution in [1.29, 1.82) is 0 Å². The number of carbonyl (C=O) groups excluding carboxylic acids is 1. The number of nitrogens with zero attached hydrogens (tertiary/aromatic N) is 1. The van der Waals surface area contributed by atoms with E-state index in [1.54, 1.807) is 18.2 Å². The number of fused-ring (bicyclic) bond motifs is 1. The molecule has 0 saturated carbocycles. The van der Waals surface area contributed by atoms with Crippen molar-refractivity contribution in [3.8, 4) is 23.0 Å². The van der Waals surface area contributed by atoms with Crippen molar-refractivity contribution >= 4 is 31.8 Å². The zero-order valence-corrected chi connectivity index (χ0v) is 18.6. The zero-order chi connectivity index (χ0) is 25.4. The first-order valence-electron chi connectivity index (χ1n) is 10.2. The Morgan fingerprint density at radius 3 is 2.43 bits per heavy atom. The van der Waals surface area contributed by atoms with E-state index in [4.69, 9.17) is 4.42 Å². The van der Waals surface area contributed by atoms with Gasteiger partial charge in [-0.1, -0.05) is 24.0 Å². The first-order valence-corrected chi connectivity index (χ1v) is 11.6. The molecule has 182 valence electrons. The fourth-order valence-electron chi connectivity index (χ4n) is 3.33. The highest BCUT2D eigenvalue weighted by atomic mass is 32.2. The summed E-state index contributed by atoms with van der Waals surface area (Å²) in [5, 5.41) is 9.72. The van der Waals surface area contributed by atoms with Crippen LogP contribution in [0.4, 0.5) is 18.9 Å². The lowest BCUT2D eigenvalue weighted by Gasteiger charge is -2.21. The number of aliphatic hydroxyl groups excluding tert-OH is 1. The SMILES string of the molecule is O=C(C(F)(F)F)S(=O)(=O)N(CO)c1ccc(-c2coc3cc(C#CC4CNC4)ccc3c2=O)cc1. The molecule has 4 rings (SSSR count). The molecule has 1 saturated heterocycles. The summed E-state index contributed by atoms with van der Waals surface area (Å²) < 4.78 is 67.5. The maximum Gasteiger partial charge on any atom is 0.468 e. The smallest absolute Gasteiger partial charge is 0.463 e. The zero-order valence-electron chi connectivity index (χ0n) is 17.8. The Morgan fingerprint density at radius 1 is 1.17 bits per heavy atom. The molecule has 0 aliphatic carbocycles. The van der Waals surface area contributed by atoms with Crippen LogP contribution < -0.4 is 15.1 Å². The molecule has 8 nitrogen and oxygen atoms in total. The monoisotopic (exact) mass is 506 g/mol. The molecule has 2 heterocycles. The fourth-order valence-corrected chi connectivity index (χ4v) is 4.38. The number of hydrogen-bond acceptors (Lipinski definition) is 7. The van der Waals surface area contributed by atoms with Gasteiger partial charge in [-0.25, -0.2) is 4.31 Å². The van der Waals surface area contributed by atoms with Crippen LogP contribution in [-0.4, -0.2) is 44.6 Å². The van der Waals surface area contributed by atoms with Crippen LogP contribution in [0.25, 0.3) is 22.1 Å². The fraction of sp³-hybridized carbons (Fsp3) is 0.217. The summed E-state index contributed by atoms with van der Waals surface area (Å²) in [7, 11) is -5.56. The number of halogens is 3. The van der Waals surface area contributed by atoms with E-state index >= 15 is 0 Å². The minimum atomic E-state index is -5.64. The lowest BCUT2D eigenvalue weighted by atomic mass is 10.0. The van der Waals surface area contributed by atoms with Crippen LogP contribution in [0, 0.1) is 17.8 Å². The average Bonchev–Trinajstić information content (AvgIpc) is 2.78. The molecule has 0 radical (unpaired) electrons. The Kier molecular flexibility index (Phi) is 6.42. The van der Waals surface area contributed by atoms with Crippen LogP contribution in [0.2, 0.25) is 0 Å². The molecule has 1 aliphatic rings. The molecule has 1 aromatic heterocycles. The number of sulfonamides is 1. The summed E-state index contributed by atoms with van der Waals surface area (Å²) in [6.45, 7) is 0.265. The van der Waals surface area contributed by atoms with Gasteiger partial charge in [0.25, 0.3) is 0 Å². The van der Waals surface area contributed by atoms with Crippen molar-refractivity contribution in [2.75, 3.05) is 24.1 Å². The topological polar surface area (TPSA) is 117 Å². The van der Waals surface area contributed by atoms with Crippen molar-refractivity contribution in [2.24, 2.45) is 5.92 Å². The third-order valence-corrected chi connectivity index (χ3v) is 6.93. The largest absolute Gasteiger partial charge is 0.468 e. The first-order chi connectivity index (χ1) is 16.5. The molecule has 1 aliphatic heterocycles. The van der Waals surface area contributed by atoms with Gasteiger partial charge in [-0.3, -0.25) is 9.59 Å². The molecule has 3 aromatic rings. The van der Waals surface area contributed by atoms with Gasteiger partial charge in [-0.2, -0.15) is 21.6 Å². The Balaban J connectivity index is 1.64. The predicted molar refractivity (Wildman–Crippen MR) is 121 cm³/mol. The molecule has 35 heavy (non-hydrogen) atoms. The predicted octanol–water partition coefficient (Wildman–Crippen LogP) is 2.21. The highest BCUT2D eigenvalue weighted by molar-refractivity contribution is 8.07. The van der Waals surface area contributed by atoms with Gasteiger partial charge in [0.2, 0.25) is 0 Å². The summed E-state index contributed by atoms with van der Waals surface area (Å²) in [5.41, 5.74) is 0.612. The second kappa shape index (κ2) is 9.18. The Labute approximate surface area is 197 Å². The molecule has 0 atom stereocenters. The van der Waals surface area contributed by atoms with Crippen molar-refractivity contribution in [2.45, 2.75) is 6.18 Å². The standard InChI is InChI=1S/C23H17F3N2O6S/c24-23(25,26)22(31)35(32,33)28(13-29)17-6-4-16(5-7-17)19-12-34-20-9-14(1-2-15-10-27-11-15)3-8-18(20)21(19)30/h3-9,12,15,27,29H,10-11,13H2. The summed E-state index contributed by atoms with van der Waals surface area (Å²) in [5.74, 6) is 6.44. The van der Waals surface area contributed by atoms with Crippen molar-refractivity contribution in [3.05, 3.63) is 64.5 Å². The van der Waals surface area contributed by atoms with Crippen LogP contribution in [0.1, 0.15) is 5.56 Å². The van der Waals surface area contributed by atoms with E-state index in [2.05, 4.69) is 17.2 Å². The van der Waals surface area contributed by atoms with Gasteiger partial charge in [0.15, 0.2) is 5.43 Å². The van der Waals surface area contributed by atoms with E-state index < -0.39 is 33.7 Å². The van der Waals surface area contributed by atoms with Crippen LogP contribution in [-0.2, 0) is 14.8 Å². The number of benzene rings is 2. The number of alkyl halides is 3. The maximum atomic E-state index is 13.0. The summed E-state index contributed by atoms with van der Waals surface area (Å²) in [6.07, 6.45) is -4.43. The molecule has 0 unspecified atom stereocenters. The van der Waals surface area contributed by atoms with Gasteiger partial charge < -0.3 is 14.8 Å². The van der Waals surface area contributed by atoms with Crippen LogP contribution in [0.3, 0.4) is 0 Å². The molecular formula is C23H17F3N2O6S. The van der Waals surface area contributed by atoms with Crippen molar-refractivity contribution in [3.63, 3.8) is 0 Å². The number of aliphatic hydroxyl groups is 1. The Morgan fingerprint density at radius 2 is 1.86 bits per heavy atom. The van der Waals surface area contributed by atoms with Crippen LogP contribution in [0.5, 0.6) is 0 Å². The average molecular weight is 506 g/mol. The highest BCUT2D eigenvalue weighted by Gasteiger charge is 2.50. The summed E-state index contributed by atoms with van der Waals surface area (Å²) >= 11 is 0. The highest BCUT2D eigenvalue weighted by Crippen LogP contribution is 2.28. The first kappa shape index (κ1) is 24.5. The molecule has 2 aromatic carbocycles. The summed E-state index contributed by atoms with van der Waals surface area (Å²) in [6, 6.07) is 9.54. The number of nitrogens with one attached hydrogen (secondary N) is 1. The van der Waals surface area contributed by atoms with Crippen LogP contribution in [0.15, 0.2) is 57.9 Å². The number of rotatable bonds is 4. The van der Waals surface area contributed by atoms with Crippen molar-refractivity contribution < 1.29 is 35.9 Å². The third-order valence-electron chi connectivity index (χ3n) is 5.33. The molecule has 2 N–H and O–H groups in total. The van der Waals surface area contributed by atoms with E-state index in [0.29, 0.717) is 11.1 Å². The molecule has 12 heteroatoms. The quantitative estimate of drug-likeness (QED) is 0.412. The van der Waals surface area contributed by atoms with Gasteiger partial charge in [-0.05, 0) is 35.9 Å². The van der Waals surface area contributed by atoms with Gasteiger partial charge in [-0.15, -0.1) is 0 Å². The minimum Gasteiger partial charge on any atom is -0.463 e. The van der Waals surface area contributed by atoms with E-state index in [-0.39, 0.29) is 32.2 Å². The molecular weight excluding hydrogens is 489 g/mol. The number of anilines is 1. The normalized spacial score (nSPS) is 14.2. The Hall–Kier alpha value is -3.66. The van der Waals surface area contributed by atoms with E-state index in [1.807, 2.05) is 0 Å². The van der Waals surface area contributed by atoms with Gasteiger partial charge in [0.05, 0.1) is 16.6 Å². The molecule has 0 bridgehead atoms. The van der Waals surface area contributed by atoms with Gasteiger partial charge in [0.1, 0.15) is 18.6 Å². The van der Waals surface area contributed by atoms with Gasteiger partial charge in [0, 0.05) is 24.6 Å². The number of hydrogen-bond donors (Lipinski definition) is 2. The second-order valence-electron chi connectivity index (χ2n) is 7.64. The molecule has 0 amide bonds. The van der Waals surface area contributed by atoms with Crippen LogP contribution >= 0.6 is 0 Å². The van der Waals surface area contributed by atoms with E-state index in [9.17, 15) is 36.3 Å². The second-order valence-corrected chi connectivity index (χ2v) is 9.40. The summed E-state index contributed by atoms with van der Waals surface area (Å²) in [4.78, 5) is 24.3. The van der Waals surface area contributed by atoms with E-state index in [0.717, 1.165) is 25.2 Å². The van der Waals surface area contributed by atoms with Gasteiger partial charge >= 0.3 is 21.3 Å². The van der Waals surface area contributed by atoms with Crippen molar-refractivity contribution in [1.82, 2.24) is 5.32 Å². The third kappa shape index (κ3) is 4.79. The lowest BCUT2D eigenvalue weighted by Crippen LogP contribution is -2.43. The molecule has 1 fully saturated rings. The minimum absolute atomic E-state index is 0.0856. The number of carbonyl (C=O) groups is 1. The molecule has 0 spiro atoms. The van der Waals surface area contributed by atoms with E-state index in [1.165, 1.54) is 18.4 Å². The Bertz CT molecular complexity index is 1520. The lowest BCUT2D eigenvalue weighted by molar-refractivity contribution is -0.161.